The Labute approximate surface area is 147 Å². The van der Waals surface area contributed by atoms with E-state index < -0.39 is 0 Å². The number of fused-ring (bicyclic) bond motifs is 1. The SMILES string of the molecule is CCn1nc(C)cc1-c1c[nH]c(-c2cc(Br)cc3c2cnn3C)n1. The Morgan fingerprint density at radius 1 is 1.25 bits per heavy atom. The minimum Gasteiger partial charge on any atom is -0.344 e. The van der Waals surface area contributed by atoms with E-state index in [1.807, 2.05) is 35.7 Å². The minimum absolute atomic E-state index is 0.815. The Bertz CT molecular complexity index is 1040. The number of nitrogens with zero attached hydrogens (tertiary/aromatic N) is 5. The van der Waals surface area contributed by atoms with Crippen LogP contribution in [0.5, 0.6) is 0 Å². The molecule has 0 aliphatic heterocycles. The monoisotopic (exact) mass is 384 g/mol. The summed E-state index contributed by atoms with van der Waals surface area (Å²) in [5.41, 5.74) is 5.00. The lowest BCUT2D eigenvalue weighted by molar-refractivity contribution is 0.659. The van der Waals surface area contributed by atoms with Crippen molar-refractivity contribution in [3.05, 3.63) is 40.8 Å². The van der Waals surface area contributed by atoms with Gasteiger partial charge in [0.25, 0.3) is 0 Å². The van der Waals surface area contributed by atoms with Crippen LogP contribution in [0.3, 0.4) is 0 Å². The number of aryl methyl sites for hydroxylation is 3. The number of halogens is 1. The van der Waals surface area contributed by atoms with Gasteiger partial charge in [-0.15, -0.1) is 0 Å². The van der Waals surface area contributed by atoms with Crippen LogP contribution in [0, 0.1) is 6.92 Å². The predicted molar refractivity (Wildman–Crippen MR) is 97.6 cm³/mol. The lowest BCUT2D eigenvalue weighted by Gasteiger charge is -2.03. The Morgan fingerprint density at radius 2 is 2.08 bits per heavy atom. The molecule has 0 fully saturated rings. The van der Waals surface area contributed by atoms with Crippen LogP contribution >= 0.6 is 15.9 Å². The fourth-order valence-corrected chi connectivity index (χ4v) is 3.44. The number of hydrogen-bond acceptors (Lipinski definition) is 3. The maximum absolute atomic E-state index is 4.80. The second kappa shape index (κ2) is 5.59. The third-order valence-electron chi connectivity index (χ3n) is 4.13. The summed E-state index contributed by atoms with van der Waals surface area (Å²) in [6.07, 6.45) is 3.81. The van der Waals surface area contributed by atoms with Gasteiger partial charge in [-0.2, -0.15) is 10.2 Å². The Kier molecular flexibility index (Phi) is 3.53. The van der Waals surface area contributed by atoms with Gasteiger partial charge in [-0.1, -0.05) is 15.9 Å². The third-order valence-corrected chi connectivity index (χ3v) is 4.59. The largest absolute Gasteiger partial charge is 0.344 e. The van der Waals surface area contributed by atoms with Crippen LogP contribution in [-0.4, -0.2) is 29.5 Å². The molecule has 1 aromatic carbocycles. The molecule has 0 saturated heterocycles. The molecule has 4 aromatic rings. The molecule has 0 amide bonds. The zero-order chi connectivity index (χ0) is 16.8. The second-order valence-electron chi connectivity index (χ2n) is 5.78. The van der Waals surface area contributed by atoms with Crippen LogP contribution in [0.4, 0.5) is 0 Å². The molecule has 4 rings (SSSR count). The van der Waals surface area contributed by atoms with Gasteiger partial charge in [-0.05, 0) is 32.0 Å². The number of imidazole rings is 1. The first kappa shape index (κ1) is 15.1. The second-order valence-corrected chi connectivity index (χ2v) is 6.69. The highest BCUT2D eigenvalue weighted by atomic mass is 79.9. The molecule has 0 unspecified atom stereocenters. The predicted octanol–water partition coefficient (Wildman–Crippen LogP) is 3.92. The summed E-state index contributed by atoms with van der Waals surface area (Å²) in [5, 5.41) is 9.93. The molecule has 3 heterocycles. The number of rotatable bonds is 3. The average molecular weight is 385 g/mol. The first-order valence-electron chi connectivity index (χ1n) is 7.78. The first-order valence-corrected chi connectivity index (χ1v) is 8.58. The molecule has 0 atom stereocenters. The number of nitrogens with one attached hydrogen (secondary N) is 1. The van der Waals surface area contributed by atoms with Gasteiger partial charge in [0, 0.05) is 35.2 Å². The molecule has 0 spiro atoms. The Morgan fingerprint density at radius 3 is 2.88 bits per heavy atom. The smallest absolute Gasteiger partial charge is 0.138 e. The molecule has 0 bridgehead atoms. The Balaban J connectivity index is 1.86. The van der Waals surface area contributed by atoms with Gasteiger partial charge < -0.3 is 4.98 Å². The molecule has 6 nitrogen and oxygen atoms in total. The summed E-state index contributed by atoms with van der Waals surface area (Å²) < 4.78 is 4.83. The van der Waals surface area contributed by atoms with E-state index in [0.29, 0.717) is 0 Å². The van der Waals surface area contributed by atoms with Gasteiger partial charge in [0.15, 0.2) is 0 Å². The normalized spacial score (nSPS) is 11.5. The number of benzene rings is 1. The quantitative estimate of drug-likeness (QED) is 0.582. The molecule has 1 N–H and O–H groups in total. The molecule has 0 aliphatic carbocycles. The maximum Gasteiger partial charge on any atom is 0.138 e. The van der Waals surface area contributed by atoms with Crippen molar-refractivity contribution in [1.82, 2.24) is 29.5 Å². The molecule has 3 aromatic heterocycles. The number of H-pyrrole nitrogens is 1. The van der Waals surface area contributed by atoms with E-state index in [1.54, 1.807) is 0 Å². The fourth-order valence-electron chi connectivity index (χ4n) is 2.99. The zero-order valence-corrected chi connectivity index (χ0v) is 15.3. The van der Waals surface area contributed by atoms with E-state index >= 15 is 0 Å². The summed E-state index contributed by atoms with van der Waals surface area (Å²) >= 11 is 3.58. The van der Waals surface area contributed by atoms with E-state index in [2.05, 4.69) is 56.2 Å². The van der Waals surface area contributed by atoms with Gasteiger partial charge in [0.2, 0.25) is 0 Å². The van der Waals surface area contributed by atoms with Crippen LogP contribution in [0.25, 0.3) is 33.7 Å². The van der Waals surface area contributed by atoms with E-state index in [-0.39, 0.29) is 0 Å². The lowest BCUT2D eigenvalue weighted by atomic mass is 10.1. The summed E-state index contributed by atoms with van der Waals surface area (Å²) in [6.45, 7) is 4.89. The van der Waals surface area contributed by atoms with Crippen molar-refractivity contribution in [2.24, 2.45) is 7.05 Å². The zero-order valence-electron chi connectivity index (χ0n) is 13.7. The van der Waals surface area contributed by atoms with Crippen molar-refractivity contribution in [3.63, 3.8) is 0 Å². The molecule has 0 radical (unpaired) electrons. The van der Waals surface area contributed by atoms with E-state index in [0.717, 1.165) is 50.4 Å². The molecular weight excluding hydrogens is 368 g/mol. The highest BCUT2D eigenvalue weighted by Gasteiger charge is 2.15. The summed E-state index contributed by atoms with van der Waals surface area (Å²) in [5.74, 6) is 0.825. The summed E-state index contributed by atoms with van der Waals surface area (Å²) in [4.78, 5) is 8.10. The van der Waals surface area contributed by atoms with Crippen molar-refractivity contribution in [2.45, 2.75) is 20.4 Å². The number of aromatic amines is 1. The number of hydrogen-bond donors (Lipinski definition) is 1. The number of aromatic nitrogens is 6. The average Bonchev–Trinajstić information content (AvgIpc) is 3.26. The van der Waals surface area contributed by atoms with Gasteiger partial charge in [-0.25, -0.2) is 4.98 Å². The van der Waals surface area contributed by atoms with Crippen molar-refractivity contribution >= 4 is 26.8 Å². The molecule has 0 saturated carbocycles. The summed E-state index contributed by atoms with van der Waals surface area (Å²) in [7, 11) is 1.94. The highest BCUT2D eigenvalue weighted by Crippen LogP contribution is 2.31. The van der Waals surface area contributed by atoms with E-state index in [9.17, 15) is 0 Å². The van der Waals surface area contributed by atoms with Gasteiger partial charge in [-0.3, -0.25) is 9.36 Å². The molecule has 7 heteroatoms. The third kappa shape index (κ3) is 2.36. The first-order chi connectivity index (χ1) is 11.6. The van der Waals surface area contributed by atoms with Crippen molar-refractivity contribution in [3.8, 4) is 22.8 Å². The van der Waals surface area contributed by atoms with E-state index in [1.165, 1.54) is 0 Å². The van der Waals surface area contributed by atoms with Gasteiger partial charge >= 0.3 is 0 Å². The van der Waals surface area contributed by atoms with Crippen LogP contribution in [0.2, 0.25) is 0 Å². The van der Waals surface area contributed by atoms with Crippen molar-refractivity contribution < 1.29 is 0 Å². The molecular formula is C17H17BrN6. The van der Waals surface area contributed by atoms with E-state index in [4.69, 9.17) is 4.98 Å². The molecule has 122 valence electrons. The van der Waals surface area contributed by atoms with Gasteiger partial charge in [0.05, 0.1) is 23.1 Å². The standard InChI is InChI=1S/C17H17BrN6/c1-4-24-16(5-10(2)22-24)14-9-19-17(21-14)12-6-11(18)7-15-13(12)8-20-23(15)3/h5-9H,4H2,1-3H3,(H,19,21). The Hall–Kier alpha value is -2.41. The minimum atomic E-state index is 0.815. The molecule has 24 heavy (non-hydrogen) atoms. The van der Waals surface area contributed by atoms with Crippen LogP contribution < -0.4 is 0 Å². The lowest BCUT2D eigenvalue weighted by Crippen LogP contribution is -1.99. The van der Waals surface area contributed by atoms with Crippen LogP contribution in [0.15, 0.2) is 35.1 Å². The van der Waals surface area contributed by atoms with Crippen molar-refractivity contribution in [1.29, 1.82) is 0 Å². The molecule has 0 aliphatic rings. The summed E-state index contributed by atoms with van der Waals surface area (Å²) in [6, 6.07) is 6.18. The van der Waals surface area contributed by atoms with Gasteiger partial charge in [0.1, 0.15) is 11.5 Å². The fraction of sp³-hybridized carbons (Fsp3) is 0.235. The van der Waals surface area contributed by atoms with Crippen molar-refractivity contribution in [2.75, 3.05) is 0 Å². The van der Waals surface area contributed by atoms with Crippen LogP contribution in [0.1, 0.15) is 12.6 Å². The van der Waals surface area contributed by atoms with Crippen LogP contribution in [-0.2, 0) is 13.6 Å². The topological polar surface area (TPSA) is 64.3 Å². The maximum atomic E-state index is 4.80. The highest BCUT2D eigenvalue weighted by molar-refractivity contribution is 9.10.